The van der Waals surface area contributed by atoms with Gasteiger partial charge in [-0.2, -0.15) is 0 Å². The second-order valence-corrected chi connectivity index (χ2v) is 4.44. The minimum atomic E-state index is -0.958. The van der Waals surface area contributed by atoms with E-state index in [4.69, 9.17) is 0 Å². The first kappa shape index (κ1) is 14.0. The number of benzene rings is 1. The first-order valence-corrected chi connectivity index (χ1v) is 6.31. The molecule has 0 saturated heterocycles. The van der Waals surface area contributed by atoms with Crippen LogP contribution in [-0.4, -0.2) is 28.7 Å². The highest BCUT2D eigenvalue weighted by molar-refractivity contribution is 6.38. The quantitative estimate of drug-likeness (QED) is 0.361. The van der Waals surface area contributed by atoms with E-state index in [0.717, 1.165) is 10.9 Å². The number of hydrogen-bond donors (Lipinski definition) is 0. The molecule has 104 valence electrons. The van der Waals surface area contributed by atoms with Crippen molar-refractivity contribution in [3.05, 3.63) is 36.0 Å². The van der Waals surface area contributed by atoms with Gasteiger partial charge in [-0.25, -0.2) is 4.79 Å². The lowest BCUT2D eigenvalue weighted by Gasteiger charge is -2.03. The molecule has 0 spiro atoms. The Bertz CT molecular complexity index is 684. The molecule has 0 aliphatic rings. The van der Waals surface area contributed by atoms with E-state index in [-0.39, 0.29) is 12.4 Å². The molecule has 0 aliphatic heterocycles. The molecule has 1 aromatic heterocycles. The predicted octanol–water partition coefficient (Wildman–Crippen LogP) is 1.88. The largest absolute Gasteiger partial charge is 0.460 e. The lowest BCUT2D eigenvalue weighted by atomic mass is 10.0. The highest BCUT2D eigenvalue weighted by Gasteiger charge is 2.20. The Morgan fingerprint density at radius 2 is 1.95 bits per heavy atom. The number of rotatable bonds is 5. The second-order valence-electron chi connectivity index (χ2n) is 4.44. The topological polar surface area (TPSA) is 65.4 Å². The molecule has 0 atom stereocenters. The van der Waals surface area contributed by atoms with Crippen molar-refractivity contribution in [1.82, 2.24) is 4.57 Å². The van der Waals surface area contributed by atoms with Crippen LogP contribution in [0.4, 0.5) is 0 Å². The minimum absolute atomic E-state index is 0.119. The lowest BCUT2D eigenvalue weighted by molar-refractivity contribution is -0.153. The fraction of sp³-hybridized carbons (Fsp3) is 0.267. The van der Waals surface area contributed by atoms with E-state index in [0.29, 0.717) is 5.56 Å². The number of hydrogen-bond acceptors (Lipinski definition) is 4. The van der Waals surface area contributed by atoms with Gasteiger partial charge in [-0.05, 0) is 24.4 Å². The summed E-state index contributed by atoms with van der Waals surface area (Å²) in [4.78, 5) is 34.7. The number of esters is 1. The third kappa shape index (κ3) is 2.77. The van der Waals surface area contributed by atoms with E-state index in [1.807, 2.05) is 29.9 Å². The molecule has 0 unspecified atom stereocenters. The van der Waals surface area contributed by atoms with Crippen molar-refractivity contribution in [3.8, 4) is 0 Å². The van der Waals surface area contributed by atoms with Crippen molar-refractivity contribution in [2.24, 2.45) is 7.05 Å². The number of carbonyl (C=O) groups excluding carboxylic acids is 3. The van der Waals surface area contributed by atoms with Gasteiger partial charge in [-0.15, -0.1) is 0 Å². The van der Waals surface area contributed by atoms with Gasteiger partial charge in [0.15, 0.2) is 5.78 Å². The Morgan fingerprint density at radius 1 is 1.20 bits per heavy atom. The standard InChI is InChI=1S/C15H15NO4/c1-3-20-15(19)14(18)9-13(17)11-5-4-10-6-7-16(2)12(10)8-11/h4-8H,3,9H2,1-2H3. The SMILES string of the molecule is CCOC(=O)C(=O)CC(=O)c1ccc2ccn(C)c2c1. The summed E-state index contributed by atoms with van der Waals surface area (Å²) < 4.78 is 6.46. The summed E-state index contributed by atoms with van der Waals surface area (Å²) in [6.45, 7) is 1.73. The number of aromatic nitrogens is 1. The zero-order valence-electron chi connectivity index (χ0n) is 11.4. The zero-order chi connectivity index (χ0) is 14.7. The normalized spacial score (nSPS) is 10.5. The van der Waals surface area contributed by atoms with Crippen LogP contribution < -0.4 is 0 Å². The van der Waals surface area contributed by atoms with Gasteiger partial charge in [0, 0.05) is 24.3 Å². The smallest absolute Gasteiger partial charge is 0.375 e. The van der Waals surface area contributed by atoms with Gasteiger partial charge in [-0.1, -0.05) is 12.1 Å². The summed E-state index contributed by atoms with van der Waals surface area (Å²) in [6, 6.07) is 7.13. The third-order valence-corrected chi connectivity index (χ3v) is 3.03. The van der Waals surface area contributed by atoms with Gasteiger partial charge in [0.05, 0.1) is 13.0 Å². The van der Waals surface area contributed by atoms with E-state index >= 15 is 0 Å². The third-order valence-electron chi connectivity index (χ3n) is 3.03. The Morgan fingerprint density at radius 3 is 2.65 bits per heavy atom. The number of nitrogens with zero attached hydrogens (tertiary/aromatic N) is 1. The molecule has 2 rings (SSSR count). The van der Waals surface area contributed by atoms with Gasteiger partial charge in [0.25, 0.3) is 0 Å². The van der Waals surface area contributed by atoms with Crippen LogP contribution in [0.5, 0.6) is 0 Å². The van der Waals surface area contributed by atoms with Crippen molar-refractivity contribution in [2.75, 3.05) is 6.61 Å². The molecule has 1 heterocycles. The summed E-state index contributed by atoms with van der Waals surface area (Å²) in [5, 5.41) is 1.01. The van der Waals surface area contributed by atoms with Gasteiger partial charge >= 0.3 is 5.97 Å². The molecule has 2 aromatic rings. The van der Waals surface area contributed by atoms with Crippen molar-refractivity contribution in [1.29, 1.82) is 0 Å². The molecule has 0 aliphatic carbocycles. The number of ether oxygens (including phenoxy) is 1. The Kier molecular flexibility index (Phi) is 3.98. The molecule has 0 radical (unpaired) electrons. The summed E-state index contributed by atoms with van der Waals surface area (Å²) in [7, 11) is 1.88. The van der Waals surface area contributed by atoms with Crippen molar-refractivity contribution in [3.63, 3.8) is 0 Å². The predicted molar refractivity (Wildman–Crippen MR) is 73.5 cm³/mol. The maximum absolute atomic E-state index is 12.0. The maximum atomic E-state index is 12.0. The molecular formula is C15H15NO4. The summed E-state index contributed by atoms with van der Waals surface area (Å²) in [5.41, 5.74) is 1.32. The van der Waals surface area contributed by atoms with Crippen LogP contribution >= 0.6 is 0 Å². The number of ketones is 2. The van der Waals surface area contributed by atoms with E-state index in [9.17, 15) is 14.4 Å². The van der Waals surface area contributed by atoms with E-state index in [1.165, 1.54) is 0 Å². The number of fused-ring (bicyclic) bond motifs is 1. The number of Topliss-reactive ketones (excluding diaryl/α,β-unsaturated/α-hetero) is 2. The summed E-state index contributed by atoms with van der Waals surface area (Å²) in [5.74, 6) is -2.16. The first-order valence-electron chi connectivity index (χ1n) is 6.31. The van der Waals surface area contributed by atoms with Crippen LogP contribution in [0.15, 0.2) is 30.5 Å². The molecule has 1 aromatic carbocycles. The number of aryl methyl sites for hydroxylation is 1. The minimum Gasteiger partial charge on any atom is -0.460 e. The fourth-order valence-electron chi connectivity index (χ4n) is 1.97. The number of carbonyl (C=O) groups is 3. The Hall–Kier alpha value is -2.43. The average Bonchev–Trinajstić information content (AvgIpc) is 2.80. The second kappa shape index (κ2) is 5.69. The summed E-state index contributed by atoms with van der Waals surface area (Å²) in [6.07, 6.45) is 1.43. The van der Waals surface area contributed by atoms with Crippen LogP contribution in [0.1, 0.15) is 23.7 Å². The monoisotopic (exact) mass is 273 g/mol. The van der Waals surface area contributed by atoms with Crippen LogP contribution in [0.2, 0.25) is 0 Å². The van der Waals surface area contributed by atoms with E-state index in [2.05, 4.69) is 4.74 Å². The molecular weight excluding hydrogens is 258 g/mol. The zero-order valence-corrected chi connectivity index (χ0v) is 11.4. The van der Waals surface area contributed by atoms with Gasteiger partial charge < -0.3 is 9.30 Å². The molecule has 5 heteroatoms. The van der Waals surface area contributed by atoms with Crippen LogP contribution in [0, 0.1) is 0 Å². The molecule has 0 saturated carbocycles. The van der Waals surface area contributed by atoms with Crippen molar-refractivity contribution < 1.29 is 19.1 Å². The first-order chi connectivity index (χ1) is 9.52. The highest BCUT2D eigenvalue weighted by Crippen LogP contribution is 2.17. The van der Waals surface area contributed by atoms with Gasteiger partial charge in [-0.3, -0.25) is 9.59 Å². The molecule has 0 N–H and O–H groups in total. The van der Waals surface area contributed by atoms with Crippen LogP contribution in [-0.2, 0) is 21.4 Å². The molecule has 0 amide bonds. The van der Waals surface area contributed by atoms with Gasteiger partial charge in [0.2, 0.25) is 5.78 Å². The maximum Gasteiger partial charge on any atom is 0.375 e. The van der Waals surface area contributed by atoms with Crippen LogP contribution in [0.25, 0.3) is 10.9 Å². The Labute approximate surface area is 116 Å². The molecule has 20 heavy (non-hydrogen) atoms. The Balaban J connectivity index is 2.17. The fourth-order valence-corrected chi connectivity index (χ4v) is 1.97. The average molecular weight is 273 g/mol. The van der Waals surface area contributed by atoms with Gasteiger partial charge in [0.1, 0.15) is 0 Å². The van der Waals surface area contributed by atoms with Crippen molar-refractivity contribution >= 4 is 28.4 Å². The highest BCUT2D eigenvalue weighted by atomic mass is 16.5. The molecule has 5 nitrogen and oxygen atoms in total. The van der Waals surface area contributed by atoms with E-state index < -0.39 is 18.2 Å². The molecule has 0 bridgehead atoms. The lowest BCUT2D eigenvalue weighted by Crippen LogP contribution is -2.20. The molecule has 0 fully saturated rings. The van der Waals surface area contributed by atoms with E-state index in [1.54, 1.807) is 19.1 Å². The van der Waals surface area contributed by atoms with Crippen LogP contribution in [0.3, 0.4) is 0 Å². The summed E-state index contributed by atoms with van der Waals surface area (Å²) >= 11 is 0. The van der Waals surface area contributed by atoms with Crippen molar-refractivity contribution in [2.45, 2.75) is 13.3 Å².